The maximum absolute atomic E-state index is 6.01. The molecular weight excluding hydrogens is 378 g/mol. The standard InChI is InChI=1S/C21H27NO5S/c28-20-12-18-14-24-8-6-23-7-9-26-16-21(17-4-2-1-3-5-17)27-11-10-25-15-19(13-20)22-18/h1-5,12-13,21H,6-11,14-16H2,(H,22,28). The van der Waals surface area contributed by atoms with E-state index in [9.17, 15) is 0 Å². The van der Waals surface area contributed by atoms with Crippen molar-refractivity contribution in [2.75, 3.05) is 46.2 Å². The highest BCUT2D eigenvalue weighted by molar-refractivity contribution is 7.71. The summed E-state index contributed by atoms with van der Waals surface area (Å²) in [5, 5.41) is 0. The molecule has 0 spiro atoms. The van der Waals surface area contributed by atoms with Crippen LogP contribution in [0.3, 0.4) is 0 Å². The normalized spacial score (nSPS) is 20.8. The summed E-state index contributed by atoms with van der Waals surface area (Å²) in [6.07, 6.45) is -0.138. The van der Waals surface area contributed by atoms with Crippen molar-refractivity contribution in [3.8, 4) is 0 Å². The Labute approximate surface area is 170 Å². The summed E-state index contributed by atoms with van der Waals surface area (Å²) in [5.74, 6) is 0. The summed E-state index contributed by atoms with van der Waals surface area (Å²) in [5.41, 5.74) is 2.94. The molecule has 1 aliphatic heterocycles. The van der Waals surface area contributed by atoms with Crippen LogP contribution in [-0.4, -0.2) is 51.2 Å². The lowest BCUT2D eigenvalue weighted by Gasteiger charge is -2.19. The second kappa shape index (κ2) is 12.1. The van der Waals surface area contributed by atoms with E-state index in [0.717, 1.165) is 21.5 Å². The molecule has 0 saturated carbocycles. The van der Waals surface area contributed by atoms with E-state index >= 15 is 0 Å². The van der Waals surface area contributed by atoms with E-state index in [4.69, 9.17) is 35.9 Å². The first-order valence-corrected chi connectivity index (χ1v) is 9.92. The van der Waals surface area contributed by atoms with Gasteiger partial charge in [-0.1, -0.05) is 42.5 Å². The highest BCUT2D eigenvalue weighted by Gasteiger charge is 2.12. The van der Waals surface area contributed by atoms with Crippen molar-refractivity contribution in [3.63, 3.8) is 0 Å². The third-order valence-electron chi connectivity index (χ3n) is 4.20. The minimum atomic E-state index is -0.138. The molecule has 1 aromatic heterocycles. The Kier molecular flexibility index (Phi) is 9.09. The molecule has 1 unspecified atom stereocenters. The Hall–Kier alpha value is -1.61. The summed E-state index contributed by atoms with van der Waals surface area (Å²) in [6.45, 7) is 4.39. The molecule has 0 fully saturated rings. The number of aromatic amines is 1. The number of hydrogen-bond acceptors (Lipinski definition) is 6. The molecule has 1 N–H and O–H groups in total. The number of ether oxygens (including phenoxy) is 5. The predicted molar refractivity (Wildman–Crippen MR) is 108 cm³/mol. The van der Waals surface area contributed by atoms with Gasteiger partial charge in [-0.15, -0.1) is 0 Å². The smallest absolute Gasteiger partial charge is 0.106 e. The van der Waals surface area contributed by atoms with Crippen LogP contribution in [0.25, 0.3) is 0 Å². The predicted octanol–water partition coefficient (Wildman–Crippen LogP) is 3.58. The average Bonchev–Trinajstić information content (AvgIpc) is 2.70. The molecule has 0 saturated heterocycles. The van der Waals surface area contributed by atoms with Gasteiger partial charge < -0.3 is 28.7 Å². The van der Waals surface area contributed by atoms with Crippen LogP contribution in [0.5, 0.6) is 0 Å². The summed E-state index contributed by atoms with van der Waals surface area (Å²) >= 11 is 5.33. The van der Waals surface area contributed by atoms with Gasteiger partial charge in [-0.25, -0.2) is 0 Å². The molecule has 1 atom stereocenters. The topological polar surface area (TPSA) is 61.9 Å². The van der Waals surface area contributed by atoms with Gasteiger partial charge in [-0.2, -0.15) is 0 Å². The minimum Gasteiger partial charge on any atom is -0.377 e. The molecule has 2 heterocycles. The number of H-pyrrole nitrogens is 1. The second-order valence-corrected chi connectivity index (χ2v) is 6.90. The number of benzene rings is 1. The third kappa shape index (κ3) is 7.43. The Morgan fingerprint density at radius 3 is 2.07 bits per heavy atom. The largest absolute Gasteiger partial charge is 0.377 e. The van der Waals surface area contributed by atoms with Gasteiger partial charge in [-0.05, 0) is 17.7 Å². The zero-order valence-corrected chi connectivity index (χ0v) is 16.7. The zero-order chi connectivity index (χ0) is 19.4. The maximum atomic E-state index is 6.01. The quantitative estimate of drug-likeness (QED) is 0.732. The monoisotopic (exact) mass is 405 g/mol. The van der Waals surface area contributed by atoms with Crippen molar-refractivity contribution in [1.82, 2.24) is 4.98 Å². The number of pyridine rings is 1. The number of aromatic nitrogens is 1. The van der Waals surface area contributed by atoms with Gasteiger partial charge in [0, 0.05) is 15.9 Å². The van der Waals surface area contributed by atoms with Crippen LogP contribution in [-0.2, 0) is 36.9 Å². The van der Waals surface area contributed by atoms with E-state index in [1.807, 2.05) is 42.5 Å². The Morgan fingerprint density at radius 1 is 0.750 bits per heavy atom. The van der Waals surface area contributed by atoms with E-state index in [1.165, 1.54) is 0 Å². The lowest BCUT2D eigenvalue weighted by Crippen LogP contribution is -2.17. The SMILES string of the molecule is S=c1cc2[nH]c(c1)COCCOC(c1ccccc1)COCCOCCOC2. The Bertz CT molecular complexity index is 752. The van der Waals surface area contributed by atoms with Gasteiger partial charge in [0.25, 0.3) is 0 Å². The lowest BCUT2D eigenvalue weighted by atomic mass is 10.1. The van der Waals surface area contributed by atoms with Crippen LogP contribution in [0.15, 0.2) is 42.5 Å². The van der Waals surface area contributed by atoms with E-state index in [2.05, 4.69) is 4.98 Å². The molecule has 28 heavy (non-hydrogen) atoms. The summed E-state index contributed by atoms with van der Waals surface area (Å²) in [4.78, 5) is 3.31. The van der Waals surface area contributed by atoms with Crippen molar-refractivity contribution >= 4 is 12.2 Å². The highest BCUT2D eigenvalue weighted by atomic mass is 32.1. The van der Waals surface area contributed by atoms with Crippen LogP contribution < -0.4 is 0 Å². The molecule has 0 amide bonds. The molecule has 1 aliphatic rings. The molecule has 7 heteroatoms. The molecule has 3 rings (SSSR count). The average molecular weight is 406 g/mol. The minimum absolute atomic E-state index is 0.138. The third-order valence-corrected chi connectivity index (χ3v) is 4.44. The van der Waals surface area contributed by atoms with Crippen molar-refractivity contribution in [2.45, 2.75) is 19.3 Å². The molecular formula is C21H27NO5S. The Morgan fingerprint density at radius 2 is 1.36 bits per heavy atom. The van der Waals surface area contributed by atoms with Crippen LogP contribution in [0.2, 0.25) is 0 Å². The van der Waals surface area contributed by atoms with E-state index in [-0.39, 0.29) is 6.10 Å². The number of nitrogens with one attached hydrogen (secondary N) is 1. The number of hydrogen-bond donors (Lipinski definition) is 1. The van der Waals surface area contributed by atoms with Gasteiger partial charge >= 0.3 is 0 Å². The number of rotatable bonds is 1. The van der Waals surface area contributed by atoms with Gasteiger partial charge in [0.15, 0.2) is 0 Å². The van der Waals surface area contributed by atoms with Gasteiger partial charge in [0.1, 0.15) is 6.10 Å². The summed E-state index contributed by atoms with van der Waals surface area (Å²) in [7, 11) is 0. The van der Waals surface area contributed by atoms with Crippen molar-refractivity contribution in [3.05, 3.63) is 63.9 Å². The second-order valence-electron chi connectivity index (χ2n) is 6.43. The van der Waals surface area contributed by atoms with E-state index < -0.39 is 0 Å². The van der Waals surface area contributed by atoms with Gasteiger partial charge in [0.05, 0.1) is 59.5 Å². The van der Waals surface area contributed by atoms with Crippen LogP contribution >= 0.6 is 12.2 Å². The maximum Gasteiger partial charge on any atom is 0.106 e. The molecule has 2 bridgehead atoms. The molecule has 6 nitrogen and oxygen atoms in total. The summed E-state index contributed by atoms with van der Waals surface area (Å²) < 4.78 is 29.5. The Balaban J connectivity index is 1.60. The zero-order valence-electron chi connectivity index (χ0n) is 15.9. The van der Waals surface area contributed by atoms with Crippen LogP contribution in [0, 0.1) is 4.51 Å². The van der Waals surface area contributed by atoms with Crippen LogP contribution in [0.4, 0.5) is 0 Å². The highest BCUT2D eigenvalue weighted by Crippen LogP contribution is 2.17. The fourth-order valence-electron chi connectivity index (χ4n) is 2.87. The van der Waals surface area contributed by atoms with Gasteiger partial charge in [0.2, 0.25) is 0 Å². The first-order valence-electron chi connectivity index (χ1n) is 9.51. The fourth-order valence-corrected chi connectivity index (χ4v) is 3.15. The molecule has 0 aliphatic carbocycles. The summed E-state index contributed by atoms with van der Waals surface area (Å²) in [6, 6.07) is 13.9. The lowest BCUT2D eigenvalue weighted by molar-refractivity contribution is -0.0541. The van der Waals surface area contributed by atoms with Crippen LogP contribution in [0.1, 0.15) is 23.1 Å². The van der Waals surface area contributed by atoms with Gasteiger partial charge in [-0.3, -0.25) is 0 Å². The molecule has 0 radical (unpaired) electrons. The van der Waals surface area contributed by atoms with E-state index in [0.29, 0.717) is 59.5 Å². The molecule has 1 aromatic carbocycles. The van der Waals surface area contributed by atoms with Crippen molar-refractivity contribution in [1.29, 1.82) is 0 Å². The fraction of sp³-hybridized carbons (Fsp3) is 0.476. The van der Waals surface area contributed by atoms with Crippen molar-refractivity contribution < 1.29 is 23.7 Å². The van der Waals surface area contributed by atoms with E-state index in [1.54, 1.807) is 0 Å². The first-order chi connectivity index (χ1) is 13.8. The molecule has 2 aromatic rings. The van der Waals surface area contributed by atoms with Crippen molar-refractivity contribution in [2.24, 2.45) is 0 Å². The molecule has 152 valence electrons. The first kappa shape index (κ1) is 21.1. The number of fused-ring (bicyclic) bond motifs is 2.